The number of likely N-dealkylation sites (tertiary alicyclic amines) is 1. The van der Waals surface area contributed by atoms with E-state index in [0.717, 1.165) is 16.8 Å². The number of aromatic nitrogens is 5. The molecule has 3 aromatic heterocycles. The maximum atomic E-state index is 13.5. The molecule has 2 atom stereocenters. The maximum absolute atomic E-state index is 13.5. The van der Waals surface area contributed by atoms with E-state index in [9.17, 15) is 9.18 Å². The normalized spacial score (nSPS) is 20.2. The Bertz CT molecular complexity index is 1550. The number of amides is 1. The zero-order chi connectivity index (χ0) is 27.5. The van der Waals surface area contributed by atoms with E-state index in [0.29, 0.717) is 41.9 Å². The molecule has 4 aromatic rings. The number of ether oxygens (including phenoxy) is 1. The molecule has 0 radical (unpaired) electrons. The first-order valence-electron chi connectivity index (χ1n) is 13.0. The van der Waals surface area contributed by atoms with Crippen molar-refractivity contribution in [1.82, 2.24) is 29.6 Å². The lowest BCUT2D eigenvalue weighted by atomic mass is 9.95. The fourth-order valence-electron chi connectivity index (χ4n) is 5.15. The predicted molar refractivity (Wildman–Crippen MR) is 143 cm³/mol. The average Bonchev–Trinajstić information content (AvgIpc) is 3.21. The third-order valence-corrected chi connectivity index (χ3v) is 7.46. The van der Waals surface area contributed by atoms with Crippen LogP contribution in [0.15, 0.2) is 54.9 Å². The van der Waals surface area contributed by atoms with E-state index in [-0.39, 0.29) is 29.7 Å². The van der Waals surface area contributed by atoms with Gasteiger partial charge in [-0.25, -0.2) is 24.0 Å². The van der Waals surface area contributed by atoms with Crippen LogP contribution in [0.3, 0.4) is 0 Å². The number of benzene rings is 1. The number of carbonyl (C=O) groups excluding carboxylic acids is 1. The smallest absolute Gasteiger partial charge is 0.257 e. The molecule has 1 saturated heterocycles. The summed E-state index contributed by atoms with van der Waals surface area (Å²) in [6.45, 7) is 8.75. The molecule has 0 spiro atoms. The lowest BCUT2D eigenvalue weighted by molar-refractivity contribution is 0.0751. The van der Waals surface area contributed by atoms with Crippen LogP contribution in [0.5, 0.6) is 5.88 Å². The van der Waals surface area contributed by atoms with Gasteiger partial charge >= 0.3 is 0 Å². The Morgan fingerprint density at radius 1 is 1.08 bits per heavy atom. The van der Waals surface area contributed by atoms with Crippen molar-refractivity contribution in [1.29, 1.82) is 0 Å². The second kappa shape index (κ2) is 9.23. The molecule has 1 aliphatic carbocycles. The molecular formula is C29H30FN7O2. The monoisotopic (exact) mass is 527 g/mol. The second-order valence-corrected chi connectivity index (χ2v) is 11.0. The van der Waals surface area contributed by atoms with Gasteiger partial charge in [0.2, 0.25) is 5.88 Å². The summed E-state index contributed by atoms with van der Waals surface area (Å²) in [5, 5.41) is 4.46. The van der Waals surface area contributed by atoms with Crippen molar-refractivity contribution in [2.24, 2.45) is 17.6 Å². The first-order valence-corrected chi connectivity index (χ1v) is 13.0. The van der Waals surface area contributed by atoms with Crippen molar-refractivity contribution in [3.63, 3.8) is 0 Å². The van der Waals surface area contributed by atoms with Crippen LogP contribution in [0, 0.1) is 31.5 Å². The number of aryl methyl sites for hydroxylation is 2. The van der Waals surface area contributed by atoms with E-state index in [1.54, 1.807) is 29.2 Å². The second-order valence-electron chi connectivity index (χ2n) is 11.0. The summed E-state index contributed by atoms with van der Waals surface area (Å²) < 4.78 is 21.4. The van der Waals surface area contributed by atoms with Gasteiger partial charge in [-0.15, -0.1) is 0 Å². The summed E-state index contributed by atoms with van der Waals surface area (Å²) in [7, 11) is 0. The molecule has 1 aromatic carbocycles. The molecule has 2 N–H and O–H groups in total. The molecule has 39 heavy (non-hydrogen) atoms. The maximum Gasteiger partial charge on any atom is 0.257 e. The molecule has 1 saturated carbocycles. The number of nitrogens with zero attached hydrogens (tertiary/aromatic N) is 6. The fraction of sp³-hybridized carbons (Fsp3) is 0.345. The van der Waals surface area contributed by atoms with E-state index < -0.39 is 5.54 Å². The Kier molecular flexibility index (Phi) is 5.95. The Labute approximate surface area is 225 Å². The van der Waals surface area contributed by atoms with Gasteiger partial charge in [-0.1, -0.05) is 0 Å². The quantitative estimate of drug-likeness (QED) is 0.406. The molecule has 10 heteroatoms. The van der Waals surface area contributed by atoms with E-state index in [1.807, 2.05) is 50.8 Å². The van der Waals surface area contributed by atoms with Gasteiger partial charge in [0.25, 0.3) is 11.9 Å². The molecule has 9 nitrogen and oxygen atoms in total. The third-order valence-electron chi connectivity index (χ3n) is 7.46. The summed E-state index contributed by atoms with van der Waals surface area (Å²) in [6, 6.07) is 11.8. The van der Waals surface area contributed by atoms with Crippen molar-refractivity contribution in [3.05, 3.63) is 83.2 Å². The standard InChI is InChI=1S/C29H30FN7O2/c1-16-9-10-32-28(33-16)37-15-21(17(2)35-37)27(38)36-13-22-23(14-36)26(22)39-25-12-19(29(3,4)31)11-24(34-25)18-5-7-20(30)8-6-18/h5-12,15,22-23,26H,13-14,31H2,1-4H3. The Morgan fingerprint density at radius 2 is 1.79 bits per heavy atom. The largest absolute Gasteiger partial charge is 0.474 e. The van der Waals surface area contributed by atoms with Crippen LogP contribution in [-0.2, 0) is 5.54 Å². The van der Waals surface area contributed by atoms with E-state index in [4.69, 9.17) is 15.5 Å². The number of rotatable bonds is 6. The predicted octanol–water partition coefficient (Wildman–Crippen LogP) is 3.82. The molecular weight excluding hydrogens is 497 g/mol. The number of halogens is 1. The number of nitrogens with two attached hydrogens (primary N) is 1. The number of hydrogen-bond donors (Lipinski definition) is 1. The third kappa shape index (κ3) is 4.87. The Hall–Kier alpha value is -4.18. The number of fused-ring (bicyclic) bond motifs is 1. The molecule has 2 fully saturated rings. The van der Waals surface area contributed by atoms with Crippen molar-refractivity contribution < 1.29 is 13.9 Å². The average molecular weight is 528 g/mol. The SMILES string of the molecule is Cc1ccnc(-n2cc(C(=O)N3CC4C(C3)C4Oc3cc(C(C)(C)N)cc(-c4ccc(F)cc4)n3)c(C)n2)n1. The highest BCUT2D eigenvalue weighted by molar-refractivity contribution is 5.95. The van der Waals surface area contributed by atoms with Crippen molar-refractivity contribution in [2.45, 2.75) is 39.3 Å². The van der Waals surface area contributed by atoms with Crippen molar-refractivity contribution in [3.8, 4) is 23.1 Å². The van der Waals surface area contributed by atoms with Gasteiger partial charge in [0.05, 0.1) is 17.0 Å². The van der Waals surface area contributed by atoms with E-state index >= 15 is 0 Å². The van der Waals surface area contributed by atoms with Gasteiger partial charge in [0, 0.05) is 60.2 Å². The summed E-state index contributed by atoms with van der Waals surface area (Å²) in [6.07, 6.45) is 3.35. The van der Waals surface area contributed by atoms with Gasteiger partial charge in [0.15, 0.2) is 0 Å². The van der Waals surface area contributed by atoms with Gasteiger partial charge in [-0.05, 0) is 69.7 Å². The van der Waals surface area contributed by atoms with Gasteiger partial charge in [0.1, 0.15) is 11.9 Å². The summed E-state index contributed by atoms with van der Waals surface area (Å²) in [4.78, 5) is 28.5. The lowest BCUT2D eigenvalue weighted by Crippen LogP contribution is -2.33. The van der Waals surface area contributed by atoms with Gasteiger partial charge in [-0.2, -0.15) is 5.10 Å². The number of hydrogen-bond acceptors (Lipinski definition) is 7. The van der Waals surface area contributed by atoms with Gasteiger partial charge in [-0.3, -0.25) is 4.79 Å². The molecule has 1 aliphatic heterocycles. The number of carbonyl (C=O) groups is 1. The minimum absolute atomic E-state index is 0.0248. The van der Waals surface area contributed by atoms with Crippen LogP contribution in [0.25, 0.3) is 17.2 Å². The highest BCUT2D eigenvalue weighted by atomic mass is 19.1. The van der Waals surface area contributed by atoms with Crippen LogP contribution in [0.1, 0.15) is 41.2 Å². The van der Waals surface area contributed by atoms with Crippen LogP contribution in [-0.4, -0.2) is 54.7 Å². The molecule has 1 amide bonds. The molecule has 200 valence electrons. The molecule has 2 aliphatic rings. The Morgan fingerprint density at radius 3 is 2.46 bits per heavy atom. The highest BCUT2D eigenvalue weighted by Crippen LogP contribution is 2.48. The lowest BCUT2D eigenvalue weighted by Gasteiger charge is -2.22. The highest BCUT2D eigenvalue weighted by Gasteiger charge is 2.59. The molecule has 6 rings (SSSR count). The first-order chi connectivity index (χ1) is 18.6. The summed E-state index contributed by atoms with van der Waals surface area (Å²) in [5.41, 5.74) is 10.1. The van der Waals surface area contributed by atoms with Crippen molar-refractivity contribution >= 4 is 5.91 Å². The van der Waals surface area contributed by atoms with Gasteiger partial charge < -0.3 is 15.4 Å². The number of pyridine rings is 1. The minimum Gasteiger partial charge on any atom is -0.474 e. The number of piperidine rings is 1. The topological polar surface area (TPSA) is 112 Å². The van der Waals surface area contributed by atoms with E-state index in [1.165, 1.54) is 12.1 Å². The first kappa shape index (κ1) is 25.1. The van der Waals surface area contributed by atoms with E-state index in [2.05, 4.69) is 15.1 Å². The summed E-state index contributed by atoms with van der Waals surface area (Å²) in [5.74, 6) is 1.02. The van der Waals surface area contributed by atoms with Crippen LogP contribution in [0.4, 0.5) is 4.39 Å². The molecule has 0 bridgehead atoms. The summed E-state index contributed by atoms with van der Waals surface area (Å²) >= 11 is 0. The van der Waals surface area contributed by atoms with Crippen LogP contribution >= 0.6 is 0 Å². The minimum atomic E-state index is -0.607. The zero-order valence-electron chi connectivity index (χ0n) is 22.3. The Balaban J connectivity index is 1.16. The molecule has 4 heterocycles. The fourth-order valence-corrected chi connectivity index (χ4v) is 5.15. The molecule has 2 unspecified atom stereocenters. The zero-order valence-corrected chi connectivity index (χ0v) is 22.3. The van der Waals surface area contributed by atoms with Crippen LogP contribution in [0.2, 0.25) is 0 Å². The van der Waals surface area contributed by atoms with Crippen molar-refractivity contribution in [2.75, 3.05) is 13.1 Å². The van der Waals surface area contributed by atoms with Crippen LogP contribution < -0.4 is 10.5 Å².